The summed E-state index contributed by atoms with van der Waals surface area (Å²) >= 11 is 5.09. The predicted molar refractivity (Wildman–Crippen MR) is 81.1 cm³/mol. The molecule has 0 aromatic heterocycles. The van der Waals surface area contributed by atoms with Gasteiger partial charge >= 0.3 is 0 Å². The molecule has 1 rings (SSSR count). The SMILES string of the molecule is CCC(CC)(NC(=O)CCC1CCCCO1)C(N)=S. The molecule has 5 heteroatoms. The van der Waals surface area contributed by atoms with Gasteiger partial charge in [-0.15, -0.1) is 0 Å². The second-order valence-electron chi connectivity index (χ2n) is 5.23. The standard InChI is InChI=1S/C14H26N2O2S/c1-3-14(4-2,13(15)19)16-12(17)9-8-11-7-5-6-10-18-11/h11H,3-10H2,1-2H3,(H2,15,19)(H,16,17). The van der Waals surface area contributed by atoms with E-state index in [1.807, 2.05) is 13.8 Å². The van der Waals surface area contributed by atoms with E-state index in [0.717, 1.165) is 38.7 Å². The molecule has 4 nitrogen and oxygen atoms in total. The van der Waals surface area contributed by atoms with Gasteiger partial charge in [0.1, 0.15) is 0 Å². The van der Waals surface area contributed by atoms with Crippen LogP contribution in [-0.2, 0) is 9.53 Å². The van der Waals surface area contributed by atoms with Crippen LogP contribution in [0, 0.1) is 0 Å². The zero-order valence-electron chi connectivity index (χ0n) is 12.0. The van der Waals surface area contributed by atoms with Gasteiger partial charge in [-0.25, -0.2) is 0 Å². The Kier molecular flexibility index (Phi) is 6.72. The molecule has 1 saturated heterocycles. The van der Waals surface area contributed by atoms with Gasteiger partial charge < -0.3 is 15.8 Å². The van der Waals surface area contributed by atoms with Gasteiger partial charge in [0.2, 0.25) is 5.91 Å². The first-order valence-electron chi connectivity index (χ1n) is 7.26. The van der Waals surface area contributed by atoms with Gasteiger partial charge in [-0.1, -0.05) is 26.1 Å². The molecule has 110 valence electrons. The number of hydrogen-bond donors (Lipinski definition) is 2. The molecule has 1 aliphatic rings. The average molecular weight is 286 g/mol. The van der Waals surface area contributed by atoms with Crippen LogP contribution in [0.15, 0.2) is 0 Å². The molecular formula is C14H26N2O2S. The van der Waals surface area contributed by atoms with Crippen molar-refractivity contribution in [1.82, 2.24) is 5.32 Å². The van der Waals surface area contributed by atoms with Crippen molar-refractivity contribution in [1.29, 1.82) is 0 Å². The van der Waals surface area contributed by atoms with Crippen LogP contribution in [0.2, 0.25) is 0 Å². The van der Waals surface area contributed by atoms with Crippen LogP contribution >= 0.6 is 12.2 Å². The molecule has 1 heterocycles. The minimum atomic E-state index is -0.528. The van der Waals surface area contributed by atoms with Crippen molar-refractivity contribution in [2.24, 2.45) is 5.73 Å². The van der Waals surface area contributed by atoms with E-state index in [1.165, 1.54) is 6.42 Å². The molecule has 0 aliphatic carbocycles. The van der Waals surface area contributed by atoms with Crippen LogP contribution in [0.4, 0.5) is 0 Å². The van der Waals surface area contributed by atoms with Crippen LogP contribution in [-0.4, -0.2) is 29.1 Å². The minimum Gasteiger partial charge on any atom is -0.391 e. The lowest BCUT2D eigenvalue weighted by Gasteiger charge is -2.32. The molecule has 0 radical (unpaired) electrons. The fourth-order valence-electron chi connectivity index (χ4n) is 2.49. The first-order chi connectivity index (χ1) is 9.04. The predicted octanol–water partition coefficient (Wildman–Crippen LogP) is 2.30. The summed E-state index contributed by atoms with van der Waals surface area (Å²) in [4.78, 5) is 12.4. The van der Waals surface area contributed by atoms with Gasteiger partial charge in [0, 0.05) is 13.0 Å². The number of amides is 1. The van der Waals surface area contributed by atoms with E-state index in [0.29, 0.717) is 11.4 Å². The molecule has 3 N–H and O–H groups in total. The lowest BCUT2D eigenvalue weighted by atomic mass is 9.92. The second kappa shape index (κ2) is 7.80. The number of thiocarbonyl (C=S) groups is 1. The topological polar surface area (TPSA) is 64.3 Å². The van der Waals surface area contributed by atoms with Gasteiger partial charge in [-0.3, -0.25) is 4.79 Å². The molecular weight excluding hydrogens is 260 g/mol. The lowest BCUT2D eigenvalue weighted by molar-refractivity contribution is -0.123. The van der Waals surface area contributed by atoms with E-state index in [9.17, 15) is 4.79 Å². The third-order valence-corrected chi connectivity index (χ3v) is 4.42. The number of nitrogens with two attached hydrogens (primary N) is 1. The Morgan fingerprint density at radius 1 is 1.42 bits per heavy atom. The van der Waals surface area contributed by atoms with Gasteiger partial charge in [0.25, 0.3) is 0 Å². The van der Waals surface area contributed by atoms with Crippen molar-refractivity contribution in [3.05, 3.63) is 0 Å². The van der Waals surface area contributed by atoms with Gasteiger partial charge in [-0.05, 0) is 38.5 Å². The fourth-order valence-corrected chi connectivity index (χ4v) is 2.83. The maximum absolute atomic E-state index is 12.0. The normalized spacial score (nSPS) is 20.0. The van der Waals surface area contributed by atoms with E-state index in [4.69, 9.17) is 22.7 Å². The number of hydrogen-bond acceptors (Lipinski definition) is 3. The van der Waals surface area contributed by atoms with Gasteiger partial charge in [-0.2, -0.15) is 0 Å². The minimum absolute atomic E-state index is 0.0191. The van der Waals surface area contributed by atoms with Gasteiger partial charge in [0.15, 0.2) is 0 Å². The molecule has 0 aromatic carbocycles. The summed E-state index contributed by atoms with van der Waals surface area (Å²) in [5.74, 6) is 0.0191. The highest BCUT2D eigenvalue weighted by atomic mass is 32.1. The number of carbonyl (C=O) groups is 1. The Bertz CT molecular complexity index is 311. The monoisotopic (exact) mass is 286 g/mol. The maximum atomic E-state index is 12.0. The summed E-state index contributed by atoms with van der Waals surface area (Å²) in [6, 6.07) is 0. The molecule has 19 heavy (non-hydrogen) atoms. The number of nitrogens with one attached hydrogen (secondary N) is 1. The maximum Gasteiger partial charge on any atom is 0.220 e. The van der Waals surface area contributed by atoms with E-state index in [-0.39, 0.29) is 12.0 Å². The fraction of sp³-hybridized carbons (Fsp3) is 0.857. The molecule has 0 bridgehead atoms. The summed E-state index contributed by atoms with van der Waals surface area (Å²) in [5.41, 5.74) is 5.24. The molecule has 0 spiro atoms. The Balaban J connectivity index is 2.42. The summed E-state index contributed by atoms with van der Waals surface area (Å²) in [7, 11) is 0. The Hall–Kier alpha value is -0.680. The highest BCUT2D eigenvalue weighted by Gasteiger charge is 2.31. The van der Waals surface area contributed by atoms with Crippen molar-refractivity contribution in [2.45, 2.75) is 70.4 Å². The number of carbonyl (C=O) groups excluding carboxylic acids is 1. The molecule has 1 amide bonds. The van der Waals surface area contributed by atoms with E-state index in [2.05, 4.69) is 5.32 Å². The quantitative estimate of drug-likeness (QED) is 0.705. The summed E-state index contributed by atoms with van der Waals surface area (Å²) < 4.78 is 5.63. The van der Waals surface area contributed by atoms with Crippen molar-refractivity contribution in [3.63, 3.8) is 0 Å². The van der Waals surface area contributed by atoms with E-state index < -0.39 is 5.54 Å². The highest BCUT2D eigenvalue weighted by molar-refractivity contribution is 7.80. The van der Waals surface area contributed by atoms with Crippen LogP contribution in [0.1, 0.15) is 58.8 Å². The second-order valence-corrected chi connectivity index (χ2v) is 5.67. The van der Waals surface area contributed by atoms with Crippen LogP contribution in [0.25, 0.3) is 0 Å². The zero-order valence-corrected chi connectivity index (χ0v) is 12.9. The lowest BCUT2D eigenvalue weighted by Crippen LogP contribution is -2.56. The molecule has 1 atom stereocenters. The molecule has 1 unspecified atom stereocenters. The number of rotatable bonds is 7. The van der Waals surface area contributed by atoms with Crippen molar-refractivity contribution >= 4 is 23.1 Å². The number of ether oxygens (including phenoxy) is 1. The van der Waals surface area contributed by atoms with Crippen molar-refractivity contribution in [2.75, 3.05) is 6.61 Å². The zero-order chi connectivity index (χ0) is 14.3. The van der Waals surface area contributed by atoms with Crippen molar-refractivity contribution in [3.8, 4) is 0 Å². The Morgan fingerprint density at radius 3 is 2.58 bits per heavy atom. The summed E-state index contributed by atoms with van der Waals surface area (Å²) in [5, 5.41) is 3.01. The smallest absolute Gasteiger partial charge is 0.220 e. The summed E-state index contributed by atoms with van der Waals surface area (Å²) in [6.07, 6.45) is 6.36. The third-order valence-electron chi connectivity index (χ3n) is 4.02. The Labute approximate surface area is 121 Å². The average Bonchev–Trinajstić information content (AvgIpc) is 2.43. The van der Waals surface area contributed by atoms with E-state index >= 15 is 0 Å². The summed E-state index contributed by atoms with van der Waals surface area (Å²) in [6.45, 7) is 4.81. The van der Waals surface area contributed by atoms with Crippen LogP contribution in [0.5, 0.6) is 0 Å². The molecule has 0 aromatic rings. The molecule has 1 fully saturated rings. The third kappa shape index (κ3) is 4.73. The van der Waals surface area contributed by atoms with Gasteiger partial charge in [0.05, 0.1) is 16.6 Å². The van der Waals surface area contributed by atoms with Crippen molar-refractivity contribution < 1.29 is 9.53 Å². The largest absolute Gasteiger partial charge is 0.391 e. The Morgan fingerprint density at radius 2 is 2.11 bits per heavy atom. The van der Waals surface area contributed by atoms with E-state index in [1.54, 1.807) is 0 Å². The van der Waals surface area contributed by atoms with Crippen LogP contribution < -0.4 is 11.1 Å². The molecule has 0 saturated carbocycles. The first kappa shape index (κ1) is 16.4. The highest BCUT2D eigenvalue weighted by Crippen LogP contribution is 2.19. The molecule has 1 aliphatic heterocycles. The first-order valence-corrected chi connectivity index (χ1v) is 7.67. The van der Waals surface area contributed by atoms with Crippen LogP contribution in [0.3, 0.4) is 0 Å².